The molecule has 4 rings (SSSR count). The van der Waals surface area contributed by atoms with Gasteiger partial charge in [0.15, 0.2) is 0 Å². The molecule has 3 aromatic rings. The summed E-state index contributed by atoms with van der Waals surface area (Å²) in [7, 11) is 0. The van der Waals surface area contributed by atoms with E-state index in [0.29, 0.717) is 6.61 Å². The molecule has 1 saturated heterocycles. The Bertz CT molecular complexity index is 1230. The molecule has 192 valence electrons. The highest BCUT2D eigenvalue weighted by Gasteiger charge is 2.19. The molecule has 0 spiro atoms. The van der Waals surface area contributed by atoms with Crippen molar-refractivity contribution in [2.45, 2.75) is 27.3 Å². The molecule has 0 bridgehead atoms. The largest absolute Gasteiger partial charge is 0.492 e. The SMILES string of the molecule is CCOc1cncc(C#Cc2ccccc2CN2CCN(c3ccc(C(=O)N(CC)CC)cc3)CC2)c1. The summed E-state index contributed by atoms with van der Waals surface area (Å²) in [4.78, 5) is 23.6. The zero-order valence-corrected chi connectivity index (χ0v) is 22.1. The van der Waals surface area contributed by atoms with Crippen LogP contribution >= 0.6 is 0 Å². The van der Waals surface area contributed by atoms with Crippen LogP contribution in [0.25, 0.3) is 0 Å². The molecule has 0 N–H and O–H groups in total. The van der Waals surface area contributed by atoms with Gasteiger partial charge in [-0.1, -0.05) is 30.0 Å². The Morgan fingerprint density at radius 2 is 1.68 bits per heavy atom. The molecule has 0 saturated carbocycles. The fourth-order valence-corrected chi connectivity index (χ4v) is 4.57. The highest BCUT2D eigenvalue weighted by atomic mass is 16.5. The number of hydrogen-bond acceptors (Lipinski definition) is 5. The minimum atomic E-state index is 0.0985. The lowest BCUT2D eigenvalue weighted by Gasteiger charge is -2.36. The van der Waals surface area contributed by atoms with Crippen molar-refractivity contribution in [2.75, 3.05) is 50.8 Å². The van der Waals surface area contributed by atoms with Gasteiger partial charge in [-0.15, -0.1) is 0 Å². The number of aromatic nitrogens is 1. The molecule has 1 fully saturated rings. The highest BCUT2D eigenvalue weighted by Crippen LogP contribution is 2.20. The van der Waals surface area contributed by atoms with Crippen LogP contribution < -0.4 is 9.64 Å². The first-order valence-electron chi connectivity index (χ1n) is 13.2. The van der Waals surface area contributed by atoms with Gasteiger partial charge in [0, 0.05) is 74.4 Å². The summed E-state index contributed by atoms with van der Waals surface area (Å²) in [6.45, 7) is 12.8. The van der Waals surface area contributed by atoms with Gasteiger partial charge in [-0.25, -0.2) is 0 Å². The first kappa shape index (κ1) is 26.2. The van der Waals surface area contributed by atoms with E-state index in [1.165, 1.54) is 11.3 Å². The Morgan fingerprint density at radius 1 is 0.946 bits per heavy atom. The Morgan fingerprint density at radius 3 is 2.38 bits per heavy atom. The molecule has 0 radical (unpaired) electrons. The van der Waals surface area contributed by atoms with E-state index in [1.807, 2.05) is 49.9 Å². The average molecular weight is 497 g/mol. The highest BCUT2D eigenvalue weighted by molar-refractivity contribution is 5.94. The maximum absolute atomic E-state index is 12.6. The van der Waals surface area contributed by atoms with Crippen LogP contribution in [0.5, 0.6) is 5.75 Å². The smallest absolute Gasteiger partial charge is 0.253 e. The van der Waals surface area contributed by atoms with E-state index in [-0.39, 0.29) is 5.91 Å². The summed E-state index contributed by atoms with van der Waals surface area (Å²) >= 11 is 0. The molecule has 1 amide bonds. The minimum Gasteiger partial charge on any atom is -0.492 e. The van der Waals surface area contributed by atoms with Gasteiger partial charge in [0.2, 0.25) is 0 Å². The van der Waals surface area contributed by atoms with E-state index < -0.39 is 0 Å². The number of amides is 1. The van der Waals surface area contributed by atoms with E-state index in [2.05, 4.69) is 57.0 Å². The van der Waals surface area contributed by atoms with Crippen LogP contribution in [0.4, 0.5) is 5.69 Å². The third kappa shape index (κ3) is 6.90. The molecule has 0 unspecified atom stereocenters. The summed E-state index contributed by atoms with van der Waals surface area (Å²) in [5, 5.41) is 0. The molecule has 0 atom stereocenters. The first-order chi connectivity index (χ1) is 18.1. The number of hydrogen-bond donors (Lipinski definition) is 0. The van der Waals surface area contributed by atoms with Crippen molar-refractivity contribution >= 4 is 11.6 Å². The summed E-state index contributed by atoms with van der Waals surface area (Å²) in [6.07, 6.45) is 3.48. The van der Waals surface area contributed by atoms with Gasteiger partial charge in [0.25, 0.3) is 5.91 Å². The number of anilines is 1. The Balaban J connectivity index is 1.36. The van der Waals surface area contributed by atoms with E-state index >= 15 is 0 Å². The van der Waals surface area contributed by atoms with Crippen LogP contribution in [0, 0.1) is 11.8 Å². The van der Waals surface area contributed by atoms with Crippen molar-refractivity contribution in [3.05, 3.63) is 89.2 Å². The second-order valence-corrected chi connectivity index (χ2v) is 9.04. The second kappa shape index (κ2) is 12.9. The van der Waals surface area contributed by atoms with Crippen LogP contribution in [0.15, 0.2) is 67.0 Å². The molecule has 0 aliphatic carbocycles. The average Bonchev–Trinajstić information content (AvgIpc) is 2.94. The topological polar surface area (TPSA) is 48.9 Å². The lowest BCUT2D eigenvalue weighted by molar-refractivity contribution is 0.0773. The van der Waals surface area contributed by atoms with Gasteiger partial charge in [0.1, 0.15) is 5.75 Å². The standard InChI is InChI=1S/C31H36N4O2/c1-4-34(5-2)31(36)27-13-15-29(16-14-27)35-19-17-33(18-20-35)24-28-10-8-7-9-26(28)12-11-25-21-30(37-6-3)23-32-22-25/h7-10,13-16,21-23H,4-6,17-20,24H2,1-3H3. The van der Waals surface area contributed by atoms with Gasteiger partial charge in [-0.3, -0.25) is 14.7 Å². The summed E-state index contributed by atoms with van der Waals surface area (Å²) in [5.74, 6) is 7.43. The number of piperazine rings is 1. The fraction of sp³-hybridized carbons (Fsp3) is 0.355. The van der Waals surface area contributed by atoms with E-state index in [4.69, 9.17) is 4.74 Å². The van der Waals surface area contributed by atoms with Crippen molar-refractivity contribution in [2.24, 2.45) is 0 Å². The van der Waals surface area contributed by atoms with Gasteiger partial charge < -0.3 is 14.5 Å². The Kier molecular flexibility index (Phi) is 9.18. The predicted molar refractivity (Wildman–Crippen MR) is 149 cm³/mol. The monoisotopic (exact) mass is 496 g/mol. The van der Waals surface area contributed by atoms with Crippen LogP contribution in [-0.4, -0.2) is 66.6 Å². The quantitative estimate of drug-likeness (QED) is 0.424. The molecule has 6 heteroatoms. The summed E-state index contributed by atoms with van der Waals surface area (Å²) < 4.78 is 5.54. The number of ether oxygens (including phenoxy) is 1. The number of carbonyl (C=O) groups excluding carboxylic acids is 1. The molecule has 1 aliphatic rings. The maximum Gasteiger partial charge on any atom is 0.253 e. The molecule has 37 heavy (non-hydrogen) atoms. The molecule has 2 heterocycles. The van der Waals surface area contributed by atoms with Gasteiger partial charge in [-0.05, 0) is 62.7 Å². The van der Waals surface area contributed by atoms with Crippen molar-refractivity contribution < 1.29 is 9.53 Å². The zero-order valence-electron chi connectivity index (χ0n) is 22.1. The van der Waals surface area contributed by atoms with E-state index in [9.17, 15) is 4.79 Å². The molecule has 2 aromatic carbocycles. The molecule has 1 aliphatic heterocycles. The van der Waals surface area contributed by atoms with Crippen molar-refractivity contribution in [1.82, 2.24) is 14.8 Å². The number of pyridine rings is 1. The summed E-state index contributed by atoms with van der Waals surface area (Å²) in [5.41, 5.74) is 5.05. The van der Waals surface area contributed by atoms with Crippen LogP contribution in [0.2, 0.25) is 0 Å². The van der Waals surface area contributed by atoms with Crippen molar-refractivity contribution in [3.8, 4) is 17.6 Å². The third-order valence-electron chi connectivity index (χ3n) is 6.68. The minimum absolute atomic E-state index is 0.0985. The summed E-state index contributed by atoms with van der Waals surface area (Å²) in [6, 6.07) is 18.4. The number of benzene rings is 2. The Hall–Kier alpha value is -3.82. The molecule has 1 aromatic heterocycles. The second-order valence-electron chi connectivity index (χ2n) is 9.04. The number of rotatable bonds is 8. The predicted octanol–water partition coefficient (Wildman–Crippen LogP) is 4.68. The van der Waals surface area contributed by atoms with Crippen LogP contribution in [-0.2, 0) is 6.54 Å². The molecule has 6 nitrogen and oxygen atoms in total. The van der Waals surface area contributed by atoms with Gasteiger partial charge >= 0.3 is 0 Å². The lowest BCUT2D eigenvalue weighted by atomic mass is 10.1. The number of nitrogens with zero attached hydrogens (tertiary/aromatic N) is 4. The van der Waals surface area contributed by atoms with Crippen molar-refractivity contribution in [3.63, 3.8) is 0 Å². The van der Waals surface area contributed by atoms with E-state index in [0.717, 1.165) is 68.3 Å². The Labute approximate surface area is 220 Å². The molecular formula is C31H36N4O2. The fourth-order valence-electron chi connectivity index (χ4n) is 4.57. The zero-order chi connectivity index (χ0) is 26.0. The van der Waals surface area contributed by atoms with Crippen LogP contribution in [0.3, 0.4) is 0 Å². The lowest BCUT2D eigenvalue weighted by Crippen LogP contribution is -2.46. The van der Waals surface area contributed by atoms with Crippen LogP contribution in [0.1, 0.15) is 47.8 Å². The third-order valence-corrected chi connectivity index (χ3v) is 6.68. The first-order valence-corrected chi connectivity index (χ1v) is 13.2. The van der Waals surface area contributed by atoms with Crippen molar-refractivity contribution in [1.29, 1.82) is 0 Å². The van der Waals surface area contributed by atoms with Gasteiger partial charge in [0.05, 0.1) is 12.8 Å². The maximum atomic E-state index is 12.6. The van der Waals surface area contributed by atoms with Gasteiger partial charge in [-0.2, -0.15) is 0 Å². The normalized spacial score (nSPS) is 13.5. The van der Waals surface area contributed by atoms with E-state index in [1.54, 1.807) is 12.4 Å². The molecular weight excluding hydrogens is 460 g/mol. The number of carbonyl (C=O) groups is 1.